The number of nitrogens with two attached hydrogens (primary N) is 1. The first kappa shape index (κ1) is 10.4. The van der Waals surface area contributed by atoms with E-state index in [2.05, 4.69) is 29.1 Å². The predicted octanol–water partition coefficient (Wildman–Crippen LogP) is 1.44. The Bertz CT molecular complexity index is 352. The monoisotopic (exact) mass is 224 g/mol. The Labute approximate surface area is 93.6 Å². The van der Waals surface area contributed by atoms with E-state index >= 15 is 0 Å². The van der Waals surface area contributed by atoms with E-state index in [4.69, 9.17) is 5.73 Å². The quantitative estimate of drug-likeness (QED) is 0.603. The van der Waals surface area contributed by atoms with E-state index in [1.807, 2.05) is 5.38 Å². The third kappa shape index (κ3) is 2.68. The molecule has 1 fully saturated rings. The maximum atomic E-state index is 5.82. The molecule has 82 valence electrons. The van der Waals surface area contributed by atoms with Crippen LogP contribution in [0, 0.1) is 0 Å². The lowest BCUT2D eigenvalue weighted by Gasteiger charge is -2.24. The number of nitrogens with zero attached hydrogens (tertiary/aromatic N) is 2. The number of thiazole rings is 1. The smallest absolute Gasteiger partial charge is 0.189 e. The summed E-state index contributed by atoms with van der Waals surface area (Å²) >= 11 is 1.62. The zero-order chi connectivity index (χ0) is 10.9. The van der Waals surface area contributed by atoms with E-state index < -0.39 is 0 Å². The standard InChI is InChI=1S/C10H16N4S/c1-10(2,8-12-5-6-15-8)14-9(11)13-7-3-4-7/h5-7H,3-4H2,1-2H3,(H3,11,13,14). The van der Waals surface area contributed by atoms with Crippen LogP contribution in [0.4, 0.5) is 0 Å². The van der Waals surface area contributed by atoms with E-state index in [-0.39, 0.29) is 5.54 Å². The van der Waals surface area contributed by atoms with E-state index in [1.165, 1.54) is 12.8 Å². The fraction of sp³-hybridized carbons (Fsp3) is 0.600. The molecule has 5 heteroatoms. The molecule has 15 heavy (non-hydrogen) atoms. The Morgan fingerprint density at radius 3 is 2.93 bits per heavy atom. The lowest BCUT2D eigenvalue weighted by atomic mass is 10.1. The molecule has 0 spiro atoms. The van der Waals surface area contributed by atoms with E-state index in [0.29, 0.717) is 12.0 Å². The minimum Gasteiger partial charge on any atom is -0.370 e. The van der Waals surface area contributed by atoms with Crippen molar-refractivity contribution in [1.82, 2.24) is 10.3 Å². The molecule has 0 aromatic carbocycles. The molecule has 1 aliphatic rings. The first-order valence-corrected chi connectivity index (χ1v) is 5.97. The van der Waals surface area contributed by atoms with Crippen LogP contribution in [0.3, 0.4) is 0 Å². The van der Waals surface area contributed by atoms with Crippen LogP contribution in [0.25, 0.3) is 0 Å². The van der Waals surface area contributed by atoms with Gasteiger partial charge in [-0.25, -0.2) is 4.98 Å². The van der Waals surface area contributed by atoms with Gasteiger partial charge < -0.3 is 11.1 Å². The average Bonchev–Trinajstić information content (AvgIpc) is 2.79. The summed E-state index contributed by atoms with van der Waals surface area (Å²) in [5, 5.41) is 6.20. The van der Waals surface area contributed by atoms with E-state index in [1.54, 1.807) is 17.5 Å². The molecule has 0 unspecified atom stereocenters. The molecule has 4 nitrogen and oxygen atoms in total. The molecule has 0 saturated heterocycles. The molecule has 0 atom stereocenters. The molecule has 0 radical (unpaired) electrons. The minimum atomic E-state index is -0.239. The Morgan fingerprint density at radius 2 is 2.40 bits per heavy atom. The first-order chi connectivity index (χ1) is 7.08. The van der Waals surface area contributed by atoms with Crippen LogP contribution in [0.15, 0.2) is 16.6 Å². The molecule has 0 bridgehead atoms. The highest BCUT2D eigenvalue weighted by Gasteiger charge is 2.25. The number of aliphatic imine (C=N–C) groups is 1. The van der Waals surface area contributed by atoms with Gasteiger partial charge in [-0.3, -0.25) is 4.99 Å². The highest BCUT2D eigenvalue weighted by molar-refractivity contribution is 7.09. The van der Waals surface area contributed by atoms with Crippen molar-refractivity contribution < 1.29 is 0 Å². The molecule has 1 aliphatic carbocycles. The number of aromatic nitrogens is 1. The van der Waals surface area contributed by atoms with Gasteiger partial charge in [0.25, 0.3) is 0 Å². The normalized spacial score (nSPS) is 17.9. The van der Waals surface area contributed by atoms with Gasteiger partial charge in [0, 0.05) is 11.6 Å². The largest absolute Gasteiger partial charge is 0.370 e. The molecule has 1 heterocycles. The van der Waals surface area contributed by atoms with Gasteiger partial charge >= 0.3 is 0 Å². The zero-order valence-electron chi connectivity index (χ0n) is 9.03. The second-order valence-corrected chi connectivity index (χ2v) is 5.23. The van der Waals surface area contributed by atoms with Crippen LogP contribution in [-0.4, -0.2) is 17.0 Å². The topological polar surface area (TPSA) is 63.3 Å². The summed E-state index contributed by atoms with van der Waals surface area (Å²) in [6, 6.07) is 0.449. The Kier molecular flexibility index (Phi) is 2.65. The average molecular weight is 224 g/mol. The van der Waals surface area contributed by atoms with Gasteiger partial charge in [0.15, 0.2) is 5.96 Å². The van der Waals surface area contributed by atoms with Crippen LogP contribution in [0.2, 0.25) is 0 Å². The number of hydrogen-bond acceptors (Lipinski definition) is 3. The highest BCUT2D eigenvalue weighted by atomic mass is 32.1. The summed E-state index contributed by atoms with van der Waals surface area (Å²) in [5.41, 5.74) is 5.58. The minimum absolute atomic E-state index is 0.239. The van der Waals surface area contributed by atoms with Gasteiger partial charge in [-0.05, 0) is 26.7 Å². The number of rotatable bonds is 3. The van der Waals surface area contributed by atoms with Gasteiger partial charge in [-0.15, -0.1) is 11.3 Å². The van der Waals surface area contributed by atoms with Crippen LogP contribution < -0.4 is 11.1 Å². The van der Waals surface area contributed by atoms with Crippen molar-refractivity contribution in [3.63, 3.8) is 0 Å². The summed E-state index contributed by atoms with van der Waals surface area (Å²) in [4.78, 5) is 8.62. The second-order valence-electron chi connectivity index (χ2n) is 4.33. The Balaban J connectivity index is 2.03. The molecule has 2 rings (SSSR count). The molecule has 1 aromatic rings. The number of guanidine groups is 1. The van der Waals surface area contributed by atoms with Gasteiger partial charge in [0.1, 0.15) is 5.01 Å². The van der Waals surface area contributed by atoms with Gasteiger partial charge in [0.05, 0.1) is 11.6 Å². The summed E-state index contributed by atoms with van der Waals surface area (Å²) < 4.78 is 0. The Morgan fingerprint density at radius 1 is 1.67 bits per heavy atom. The summed E-state index contributed by atoms with van der Waals surface area (Å²) in [6.07, 6.45) is 4.14. The number of nitrogens with one attached hydrogen (secondary N) is 1. The molecule has 3 N–H and O–H groups in total. The second kappa shape index (κ2) is 3.81. The van der Waals surface area contributed by atoms with Crippen molar-refractivity contribution in [2.45, 2.75) is 38.3 Å². The molecule has 0 amide bonds. The fourth-order valence-corrected chi connectivity index (χ4v) is 2.06. The third-order valence-corrected chi connectivity index (χ3v) is 3.37. The van der Waals surface area contributed by atoms with Crippen LogP contribution >= 0.6 is 11.3 Å². The van der Waals surface area contributed by atoms with Crippen molar-refractivity contribution in [2.75, 3.05) is 0 Å². The van der Waals surface area contributed by atoms with Crippen LogP contribution in [0.5, 0.6) is 0 Å². The van der Waals surface area contributed by atoms with Gasteiger partial charge in [-0.1, -0.05) is 0 Å². The maximum Gasteiger partial charge on any atom is 0.189 e. The van der Waals surface area contributed by atoms with Gasteiger partial charge in [0.2, 0.25) is 0 Å². The first-order valence-electron chi connectivity index (χ1n) is 5.09. The van der Waals surface area contributed by atoms with Crippen molar-refractivity contribution in [3.05, 3.63) is 16.6 Å². The highest BCUT2D eigenvalue weighted by Crippen LogP contribution is 2.24. The number of hydrogen-bond donors (Lipinski definition) is 2. The van der Waals surface area contributed by atoms with Crippen molar-refractivity contribution in [1.29, 1.82) is 0 Å². The van der Waals surface area contributed by atoms with Crippen LogP contribution in [0.1, 0.15) is 31.7 Å². The lowest BCUT2D eigenvalue weighted by Crippen LogP contribution is -2.45. The molecular weight excluding hydrogens is 208 g/mol. The van der Waals surface area contributed by atoms with Crippen molar-refractivity contribution in [3.8, 4) is 0 Å². The fourth-order valence-electron chi connectivity index (χ4n) is 1.34. The van der Waals surface area contributed by atoms with Crippen molar-refractivity contribution in [2.24, 2.45) is 10.7 Å². The molecule has 0 aliphatic heterocycles. The van der Waals surface area contributed by atoms with E-state index in [0.717, 1.165) is 5.01 Å². The summed E-state index contributed by atoms with van der Waals surface area (Å²) in [7, 11) is 0. The van der Waals surface area contributed by atoms with Crippen LogP contribution in [-0.2, 0) is 5.54 Å². The van der Waals surface area contributed by atoms with E-state index in [9.17, 15) is 0 Å². The molecular formula is C10H16N4S. The molecule has 1 saturated carbocycles. The third-order valence-electron chi connectivity index (χ3n) is 2.28. The zero-order valence-corrected chi connectivity index (χ0v) is 9.84. The molecule has 1 aromatic heterocycles. The lowest BCUT2D eigenvalue weighted by molar-refractivity contribution is 0.480. The Hall–Kier alpha value is -1.10. The predicted molar refractivity (Wildman–Crippen MR) is 62.9 cm³/mol. The summed E-state index contributed by atoms with van der Waals surface area (Å²) in [5.74, 6) is 0.526. The summed E-state index contributed by atoms with van der Waals surface area (Å²) in [6.45, 7) is 4.11. The SMILES string of the molecule is CC(C)(NC(N)=NC1CC1)c1nccs1. The van der Waals surface area contributed by atoms with Crippen molar-refractivity contribution >= 4 is 17.3 Å². The van der Waals surface area contributed by atoms with Gasteiger partial charge in [-0.2, -0.15) is 0 Å². The maximum absolute atomic E-state index is 5.82.